The Hall–Kier alpha value is -1.67. The van der Waals surface area contributed by atoms with E-state index in [1.807, 2.05) is 0 Å². The molecule has 3 N–H and O–H groups in total. The van der Waals surface area contributed by atoms with Crippen molar-refractivity contribution in [2.24, 2.45) is 5.84 Å². The minimum atomic E-state index is -3.09. The highest BCUT2D eigenvalue weighted by atomic mass is 32.2. The summed E-state index contributed by atoms with van der Waals surface area (Å²) in [5.41, 5.74) is 3.23. The van der Waals surface area contributed by atoms with Crippen LogP contribution in [0.4, 0.5) is 5.69 Å². The van der Waals surface area contributed by atoms with Crippen LogP contribution in [-0.2, 0) is 9.84 Å². The molecule has 1 rings (SSSR count). The highest BCUT2D eigenvalue weighted by Crippen LogP contribution is 2.06. The van der Waals surface area contributed by atoms with Crippen molar-refractivity contribution >= 4 is 21.4 Å². The summed E-state index contributed by atoms with van der Waals surface area (Å²) in [6, 6.07) is 3.14. The van der Waals surface area contributed by atoms with Gasteiger partial charge >= 0.3 is 0 Å². The second kappa shape index (κ2) is 5.78. The van der Waals surface area contributed by atoms with Gasteiger partial charge in [-0.25, -0.2) is 13.4 Å². The smallest absolute Gasteiger partial charge is 0.272 e. The van der Waals surface area contributed by atoms with Crippen LogP contribution < -0.4 is 11.3 Å². The number of hydrazine groups is 1. The van der Waals surface area contributed by atoms with Gasteiger partial charge in [-0.1, -0.05) is 0 Å². The van der Waals surface area contributed by atoms with Crippen molar-refractivity contribution in [2.75, 3.05) is 31.0 Å². The van der Waals surface area contributed by atoms with Crippen molar-refractivity contribution in [3.8, 4) is 0 Å². The fraction of sp³-hybridized carbons (Fsp3) is 0.400. The van der Waals surface area contributed by atoms with E-state index in [0.29, 0.717) is 5.69 Å². The van der Waals surface area contributed by atoms with E-state index in [2.05, 4.69) is 10.4 Å². The number of nitrogen functional groups attached to an aromatic ring is 1. The highest BCUT2D eigenvalue weighted by molar-refractivity contribution is 7.90. The standard InChI is InChI=1S/C10H16N4O3S/c1-14(5-6-18(2,16)17)10(15)9-4-3-8(13-11)7-12-9/h3-4,7,13H,5-6,11H2,1-2H3. The Morgan fingerprint density at radius 1 is 1.50 bits per heavy atom. The normalized spacial score (nSPS) is 11.1. The van der Waals surface area contributed by atoms with Crippen molar-refractivity contribution in [1.82, 2.24) is 9.88 Å². The van der Waals surface area contributed by atoms with Crippen LogP contribution in [0.3, 0.4) is 0 Å². The molecule has 0 spiro atoms. The summed E-state index contributed by atoms with van der Waals surface area (Å²) >= 11 is 0. The van der Waals surface area contributed by atoms with Crippen LogP contribution in [0.15, 0.2) is 18.3 Å². The lowest BCUT2D eigenvalue weighted by Crippen LogP contribution is -2.32. The Kier molecular flexibility index (Phi) is 4.62. The van der Waals surface area contributed by atoms with Crippen LogP contribution in [0.5, 0.6) is 0 Å². The molecule has 0 aliphatic carbocycles. The van der Waals surface area contributed by atoms with Crippen LogP contribution >= 0.6 is 0 Å². The van der Waals surface area contributed by atoms with Gasteiger partial charge in [-0.15, -0.1) is 0 Å². The first kappa shape index (κ1) is 14.4. The first-order valence-electron chi connectivity index (χ1n) is 5.19. The van der Waals surface area contributed by atoms with Gasteiger partial charge in [-0.3, -0.25) is 10.6 Å². The molecule has 0 unspecified atom stereocenters. The minimum Gasteiger partial charge on any atom is -0.339 e. The van der Waals surface area contributed by atoms with Crippen molar-refractivity contribution in [1.29, 1.82) is 0 Å². The maximum atomic E-state index is 11.9. The highest BCUT2D eigenvalue weighted by Gasteiger charge is 2.14. The SMILES string of the molecule is CN(CCS(C)(=O)=O)C(=O)c1ccc(NN)cn1. The molecule has 0 radical (unpaired) electrons. The van der Waals surface area contributed by atoms with E-state index in [1.54, 1.807) is 6.07 Å². The summed E-state index contributed by atoms with van der Waals surface area (Å²) in [5.74, 6) is 4.78. The van der Waals surface area contributed by atoms with Gasteiger partial charge in [0.05, 0.1) is 17.6 Å². The Morgan fingerprint density at radius 2 is 2.17 bits per heavy atom. The maximum Gasteiger partial charge on any atom is 0.272 e. The second-order valence-electron chi connectivity index (χ2n) is 3.93. The molecule has 8 heteroatoms. The number of carbonyl (C=O) groups excluding carboxylic acids is 1. The lowest BCUT2D eigenvalue weighted by Gasteiger charge is -2.16. The number of hydrogen-bond donors (Lipinski definition) is 2. The average molecular weight is 272 g/mol. The van der Waals surface area contributed by atoms with Crippen molar-refractivity contribution < 1.29 is 13.2 Å². The number of amides is 1. The third-order valence-corrected chi connectivity index (χ3v) is 3.22. The Morgan fingerprint density at radius 3 is 2.61 bits per heavy atom. The number of nitrogens with two attached hydrogens (primary N) is 1. The summed E-state index contributed by atoms with van der Waals surface area (Å²) in [4.78, 5) is 17.1. The Bertz CT molecular complexity index is 512. The average Bonchev–Trinajstić information content (AvgIpc) is 2.34. The van der Waals surface area contributed by atoms with E-state index in [1.165, 1.54) is 24.2 Å². The topological polar surface area (TPSA) is 105 Å². The minimum absolute atomic E-state index is 0.0717. The zero-order valence-corrected chi connectivity index (χ0v) is 11.1. The van der Waals surface area contributed by atoms with Gasteiger partial charge in [0.25, 0.3) is 5.91 Å². The molecule has 0 saturated heterocycles. The van der Waals surface area contributed by atoms with Crippen LogP contribution in [-0.4, -0.2) is 49.8 Å². The fourth-order valence-electron chi connectivity index (χ4n) is 1.21. The number of sulfone groups is 1. The van der Waals surface area contributed by atoms with Crippen LogP contribution in [0.25, 0.3) is 0 Å². The van der Waals surface area contributed by atoms with Gasteiger partial charge in [0.2, 0.25) is 0 Å². The summed E-state index contributed by atoms with van der Waals surface area (Å²) in [6.45, 7) is 0.135. The molecule has 18 heavy (non-hydrogen) atoms. The van der Waals surface area contributed by atoms with Gasteiger partial charge < -0.3 is 10.3 Å². The molecular weight excluding hydrogens is 256 g/mol. The zero-order chi connectivity index (χ0) is 13.8. The molecule has 1 amide bonds. The number of nitrogens with zero attached hydrogens (tertiary/aromatic N) is 2. The predicted octanol–water partition coefficient (Wildman–Crippen LogP) is -0.516. The number of anilines is 1. The molecule has 0 aliphatic heterocycles. The zero-order valence-electron chi connectivity index (χ0n) is 10.3. The third kappa shape index (κ3) is 4.30. The molecule has 0 aliphatic rings. The number of carbonyl (C=O) groups is 1. The molecule has 1 aromatic heterocycles. The predicted molar refractivity (Wildman–Crippen MR) is 68.7 cm³/mol. The van der Waals surface area contributed by atoms with E-state index < -0.39 is 9.84 Å². The van der Waals surface area contributed by atoms with Crippen LogP contribution in [0, 0.1) is 0 Å². The number of nitrogens with one attached hydrogen (secondary N) is 1. The summed E-state index contributed by atoms with van der Waals surface area (Å²) < 4.78 is 22.0. The lowest BCUT2D eigenvalue weighted by molar-refractivity contribution is 0.0798. The molecule has 0 atom stereocenters. The molecule has 1 heterocycles. The van der Waals surface area contributed by atoms with Gasteiger partial charge in [0, 0.05) is 19.8 Å². The van der Waals surface area contributed by atoms with Gasteiger partial charge in [-0.05, 0) is 12.1 Å². The molecule has 0 saturated carbocycles. The van der Waals surface area contributed by atoms with Crippen molar-refractivity contribution in [2.45, 2.75) is 0 Å². The molecule has 0 fully saturated rings. The maximum absolute atomic E-state index is 11.9. The first-order valence-corrected chi connectivity index (χ1v) is 7.25. The van der Waals surface area contributed by atoms with Gasteiger partial charge in [0.15, 0.2) is 0 Å². The van der Waals surface area contributed by atoms with E-state index in [9.17, 15) is 13.2 Å². The second-order valence-corrected chi connectivity index (χ2v) is 6.19. The summed E-state index contributed by atoms with van der Waals surface area (Å²) in [6.07, 6.45) is 2.56. The lowest BCUT2D eigenvalue weighted by atomic mass is 10.3. The van der Waals surface area contributed by atoms with E-state index in [-0.39, 0.29) is 23.9 Å². The molecule has 100 valence electrons. The summed E-state index contributed by atoms with van der Waals surface area (Å²) in [5, 5.41) is 0. The molecule has 0 aromatic carbocycles. The summed E-state index contributed by atoms with van der Waals surface area (Å²) in [7, 11) is -1.55. The number of aromatic nitrogens is 1. The third-order valence-electron chi connectivity index (χ3n) is 2.29. The number of rotatable bonds is 5. The van der Waals surface area contributed by atoms with Gasteiger partial charge in [-0.2, -0.15) is 0 Å². The van der Waals surface area contributed by atoms with E-state index in [4.69, 9.17) is 5.84 Å². The van der Waals surface area contributed by atoms with E-state index >= 15 is 0 Å². The molecular formula is C10H16N4O3S. The van der Waals surface area contributed by atoms with Crippen molar-refractivity contribution in [3.05, 3.63) is 24.0 Å². The van der Waals surface area contributed by atoms with Crippen LogP contribution in [0.2, 0.25) is 0 Å². The van der Waals surface area contributed by atoms with Crippen LogP contribution in [0.1, 0.15) is 10.5 Å². The van der Waals surface area contributed by atoms with E-state index in [0.717, 1.165) is 6.26 Å². The monoisotopic (exact) mass is 272 g/mol. The fourth-order valence-corrected chi connectivity index (χ4v) is 1.81. The number of hydrogen-bond acceptors (Lipinski definition) is 6. The number of pyridine rings is 1. The molecule has 1 aromatic rings. The first-order chi connectivity index (χ1) is 8.33. The molecule has 7 nitrogen and oxygen atoms in total. The Balaban J connectivity index is 2.68. The largest absolute Gasteiger partial charge is 0.339 e. The van der Waals surface area contributed by atoms with Gasteiger partial charge in [0.1, 0.15) is 15.5 Å². The molecule has 0 bridgehead atoms. The Labute approximate surface area is 106 Å². The quantitative estimate of drug-likeness (QED) is 0.552. The van der Waals surface area contributed by atoms with Crippen molar-refractivity contribution in [3.63, 3.8) is 0 Å².